The van der Waals surface area contributed by atoms with Gasteiger partial charge in [0.15, 0.2) is 0 Å². The number of fused-ring (bicyclic) bond motifs is 1. The van der Waals surface area contributed by atoms with Crippen molar-refractivity contribution in [1.82, 2.24) is 4.98 Å². The molecule has 2 N–H and O–H groups in total. The van der Waals surface area contributed by atoms with Gasteiger partial charge in [-0.15, -0.1) is 0 Å². The SMILES string of the molecule is CC(CCNc1nc2c(cc1C(=O)O)CCC2)S(C)=O. The standard InChI is InChI=1S/C14H20N2O3S/c1-9(20(2)19)6-7-15-13-11(14(17)18)8-10-4-3-5-12(10)16-13/h8-9H,3-7H2,1-2H3,(H,15,16)(H,17,18). The van der Waals surface area contributed by atoms with E-state index >= 15 is 0 Å². The Labute approximate surface area is 121 Å². The minimum atomic E-state index is -0.957. The lowest BCUT2D eigenvalue weighted by molar-refractivity contribution is 0.0697. The zero-order chi connectivity index (χ0) is 14.7. The van der Waals surface area contributed by atoms with E-state index in [1.165, 1.54) is 0 Å². The van der Waals surface area contributed by atoms with Gasteiger partial charge in [-0.25, -0.2) is 9.78 Å². The molecule has 5 nitrogen and oxygen atoms in total. The second-order valence-corrected chi connectivity index (χ2v) is 6.98. The number of aryl methyl sites for hydroxylation is 2. The predicted molar refractivity (Wildman–Crippen MR) is 79.9 cm³/mol. The van der Waals surface area contributed by atoms with E-state index in [9.17, 15) is 14.1 Å². The van der Waals surface area contributed by atoms with Crippen LogP contribution in [0.3, 0.4) is 0 Å². The molecule has 0 spiro atoms. The maximum Gasteiger partial charge on any atom is 0.339 e. The van der Waals surface area contributed by atoms with E-state index in [4.69, 9.17) is 0 Å². The molecule has 2 unspecified atom stereocenters. The van der Waals surface area contributed by atoms with Gasteiger partial charge in [0.05, 0.1) is 0 Å². The van der Waals surface area contributed by atoms with Crippen LogP contribution in [0.25, 0.3) is 0 Å². The van der Waals surface area contributed by atoms with Crippen molar-refractivity contribution < 1.29 is 14.1 Å². The quantitative estimate of drug-likeness (QED) is 0.837. The number of anilines is 1. The van der Waals surface area contributed by atoms with Crippen LogP contribution in [0.2, 0.25) is 0 Å². The summed E-state index contributed by atoms with van der Waals surface area (Å²) < 4.78 is 11.3. The van der Waals surface area contributed by atoms with Crippen LogP contribution in [0.4, 0.5) is 5.82 Å². The van der Waals surface area contributed by atoms with Crippen molar-refractivity contribution >= 4 is 22.6 Å². The number of nitrogens with one attached hydrogen (secondary N) is 1. The zero-order valence-corrected chi connectivity index (χ0v) is 12.6. The Hall–Kier alpha value is -1.43. The summed E-state index contributed by atoms with van der Waals surface area (Å²) in [4.78, 5) is 15.7. The normalized spacial score (nSPS) is 16.5. The first-order chi connectivity index (χ1) is 9.49. The number of nitrogens with zero attached hydrogens (tertiary/aromatic N) is 1. The Bertz CT molecular complexity index is 545. The fraction of sp³-hybridized carbons (Fsp3) is 0.571. The summed E-state index contributed by atoms with van der Waals surface area (Å²) in [5, 5.41) is 12.4. The summed E-state index contributed by atoms with van der Waals surface area (Å²) in [6.45, 7) is 2.50. The molecule has 1 aliphatic carbocycles. The van der Waals surface area contributed by atoms with Gasteiger partial charge < -0.3 is 10.4 Å². The minimum absolute atomic E-state index is 0.0882. The molecule has 0 saturated carbocycles. The van der Waals surface area contributed by atoms with Gasteiger partial charge in [0.25, 0.3) is 0 Å². The number of carboxylic acids is 1. The highest BCUT2D eigenvalue weighted by Gasteiger charge is 2.19. The summed E-state index contributed by atoms with van der Waals surface area (Å²) >= 11 is 0. The second kappa shape index (κ2) is 6.35. The first-order valence-corrected chi connectivity index (χ1v) is 8.43. The van der Waals surface area contributed by atoms with Crippen LogP contribution in [-0.2, 0) is 23.6 Å². The van der Waals surface area contributed by atoms with E-state index in [-0.39, 0.29) is 10.8 Å². The number of hydrogen-bond donors (Lipinski definition) is 2. The van der Waals surface area contributed by atoms with Crippen molar-refractivity contribution in [3.63, 3.8) is 0 Å². The third kappa shape index (κ3) is 3.36. The van der Waals surface area contributed by atoms with Crippen molar-refractivity contribution in [3.8, 4) is 0 Å². The van der Waals surface area contributed by atoms with Gasteiger partial charge in [-0.1, -0.05) is 6.92 Å². The lowest BCUT2D eigenvalue weighted by Crippen LogP contribution is -2.17. The molecule has 0 bridgehead atoms. The van der Waals surface area contributed by atoms with Gasteiger partial charge in [-0.2, -0.15) is 0 Å². The molecule has 0 aromatic carbocycles. The van der Waals surface area contributed by atoms with Crippen LogP contribution in [0.5, 0.6) is 0 Å². The average Bonchev–Trinajstić information content (AvgIpc) is 2.84. The van der Waals surface area contributed by atoms with E-state index in [1.807, 2.05) is 6.92 Å². The molecule has 1 aliphatic rings. The third-order valence-electron chi connectivity index (χ3n) is 3.69. The number of aromatic carboxylic acids is 1. The van der Waals surface area contributed by atoms with Crippen LogP contribution in [0, 0.1) is 0 Å². The van der Waals surface area contributed by atoms with Crippen LogP contribution in [0.1, 0.15) is 41.4 Å². The zero-order valence-electron chi connectivity index (χ0n) is 11.8. The fourth-order valence-electron chi connectivity index (χ4n) is 2.33. The lowest BCUT2D eigenvalue weighted by Gasteiger charge is -2.13. The Morgan fingerprint density at radius 2 is 2.30 bits per heavy atom. The van der Waals surface area contributed by atoms with Crippen LogP contribution in [-0.4, -0.2) is 38.3 Å². The molecular weight excluding hydrogens is 276 g/mol. The maximum atomic E-state index is 11.3. The van der Waals surface area contributed by atoms with Gasteiger partial charge in [-0.3, -0.25) is 4.21 Å². The van der Waals surface area contributed by atoms with Crippen molar-refractivity contribution in [3.05, 3.63) is 22.9 Å². The highest BCUT2D eigenvalue weighted by molar-refractivity contribution is 7.84. The molecule has 1 aromatic heterocycles. The van der Waals surface area contributed by atoms with Crippen molar-refractivity contribution in [2.75, 3.05) is 18.1 Å². The monoisotopic (exact) mass is 296 g/mol. The number of rotatable bonds is 6. The van der Waals surface area contributed by atoms with Gasteiger partial charge in [0, 0.05) is 34.5 Å². The molecule has 2 rings (SSSR count). The Morgan fingerprint density at radius 1 is 1.55 bits per heavy atom. The van der Waals surface area contributed by atoms with Gasteiger partial charge in [0.1, 0.15) is 11.4 Å². The Morgan fingerprint density at radius 3 is 2.95 bits per heavy atom. The van der Waals surface area contributed by atoms with E-state index in [1.54, 1.807) is 12.3 Å². The molecular formula is C14H20N2O3S. The summed E-state index contributed by atoms with van der Waals surface area (Å²) in [5.41, 5.74) is 2.29. The topological polar surface area (TPSA) is 79.3 Å². The number of carbonyl (C=O) groups is 1. The summed E-state index contributed by atoms with van der Waals surface area (Å²) in [6.07, 6.45) is 5.27. The molecule has 6 heteroatoms. The molecule has 0 radical (unpaired) electrons. The van der Waals surface area contributed by atoms with Crippen molar-refractivity contribution in [1.29, 1.82) is 0 Å². The first-order valence-electron chi connectivity index (χ1n) is 6.81. The number of hydrogen-bond acceptors (Lipinski definition) is 4. The average molecular weight is 296 g/mol. The summed E-state index contributed by atoms with van der Waals surface area (Å²) in [5.74, 6) is -0.519. The predicted octanol–water partition coefficient (Wildman–Crippen LogP) is 1.84. The Balaban J connectivity index is 2.10. The fourth-order valence-corrected chi connectivity index (χ4v) is 2.78. The number of pyridine rings is 1. The van der Waals surface area contributed by atoms with Crippen LogP contribution < -0.4 is 5.32 Å². The molecule has 0 aliphatic heterocycles. The molecule has 0 fully saturated rings. The summed E-state index contributed by atoms with van der Waals surface area (Å²) in [6, 6.07) is 1.74. The highest BCUT2D eigenvalue weighted by Crippen LogP contribution is 2.25. The summed E-state index contributed by atoms with van der Waals surface area (Å²) in [7, 11) is -0.859. The largest absolute Gasteiger partial charge is 0.478 e. The number of carboxylic acid groups (broad SMARTS) is 1. The van der Waals surface area contributed by atoms with Crippen molar-refractivity contribution in [2.24, 2.45) is 0 Å². The lowest BCUT2D eigenvalue weighted by atomic mass is 10.1. The van der Waals surface area contributed by atoms with Crippen molar-refractivity contribution in [2.45, 2.75) is 37.9 Å². The minimum Gasteiger partial charge on any atom is -0.478 e. The van der Waals surface area contributed by atoms with Gasteiger partial charge in [-0.05, 0) is 37.3 Å². The first kappa shape index (κ1) is 15.0. The molecule has 20 heavy (non-hydrogen) atoms. The highest BCUT2D eigenvalue weighted by atomic mass is 32.2. The Kier molecular flexibility index (Phi) is 4.75. The second-order valence-electron chi connectivity index (χ2n) is 5.17. The van der Waals surface area contributed by atoms with E-state index in [0.717, 1.165) is 36.9 Å². The van der Waals surface area contributed by atoms with E-state index in [2.05, 4.69) is 10.3 Å². The molecule has 0 amide bonds. The molecule has 1 aromatic rings. The van der Waals surface area contributed by atoms with Gasteiger partial charge >= 0.3 is 5.97 Å². The molecule has 0 saturated heterocycles. The maximum absolute atomic E-state index is 11.3. The smallest absolute Gasteiger partial charge is 0.339 e. The van der Waals surface area contributed by atoms with E-state index < -0.39 is 16.8 Å². The van der Waals surface area contributed by atoms with Crippen LogP contribution >= 0.6 is 0 Å². The molecule has 1 heterocycles. The molecule has 110 valence electrons. The number of aromatic nitrogens is 1. The van der Waals surface area contributed by atoms with Crippen LogP contribution in [0.15, 0.2) is 6.07 Å². The third-order valence-corrected chi connectivity index (χ3v) is 5.06. The molecule has 2 atom stereocenters. The van der Waals surface area contributed by atoms with E-state index in [0.29, 0.717) is 12.4 Å². The van der Waals surface area contributed by atoms with Gasteiger partial charge in [0.2, 0.25) is 0 Å².